The quantitative estimate of drug-likeness (QED) is 0.382. The number of pyridine rings is 2. The fraction of sp³-hybridized carbons (Fsp3) is 0.130. The molecule has 0 unspecified atom stereocenters. The summed E-state index contributed by atoms with van der Waals surface area (Å²) in [6, 6.07) is 7.55. The van der Waals surface area contributed by atoms with Gasteiger partial charge in [-0.2, -0.15) is 5.10 Å². The van der Waals surface area contributed by atoms with Crippen LogP contribution in [-0.4, -0.2) is 36.3 Å². The van der Waals surface area contributed by atoms with Crippen molar-refractivity contribution >= 4 is 22.6 Å². The lowest BCUT2D eigenvalue weighted by Crippen LogP contribution is -2.27. The summed E-state index contributed by atoms with van der Waals surface area (Å²) in [5, 5.41) is 9.96. The zero-order chi connectivity index (χ0) is 22.5. The zero-order valence-corrected chi connectivity index (χ0v) is 17.9. The van der Waals surface area contributed by atoms with Gasteiger partial charge >= 0.3 is 0 Å². The van der Waals surface area contributed by atoms with Crippen LogP contribution in [0.3, 0.4) is 0 Å². The molecule has 0 saturated carbocycles. The van der Waals surface area contributed by atoms with Crippen LogP contribution in [0.2, 0.25) is 5.02 Å². The highest BCUT2D eigenvalue weighted by Gasteiger charge is 2.18. The first-order valence-electron chi connectivity index (χ1n) is 10.3. The van der Waals surface area contributed by atoms with E-state index in [-0.39, 0.29) is 10.6 Å². The molecule has 0 spiro atoms. The van der Waals surface area contributed by atoms with Gasteiger partial charge in [0.05, 0.1) is 45.9 Å². The van der Waals surface area contributed by atoms with Crippen LogP contribution in [0.4, 0.5) is 8.78 Å². The monoisotopic (exact) mass is 463 g/mol. The van der Waals surface area contributed by atoms with Crippen LogP contribution in [0.5, 0.6) is 0 Å². The fourth-order valence-corrected chi connectivity index (χ4v) is 4.19. The SMILES string of the molecule is Fc1cc(F)c(-c2[nH]ncc2-c2ccc3ncc(-c4cn5c(n4)CNCC5)cc3n2)cc1Cl. The van der Waals surface area contributed by atoms with E-state index in [2.05, 4.69) is 25.1 Å². The molecule has 0 bridgehead atoms. The fourth-order valence-electron chi connectivity index (χ4n) is 4.02. The highest BCUT2D eigenvalue weighted by molar-refractivity contribution is 6.31. The maximum absolute atomic E-state index is 14.5. The lowest BCUT2D eigenvalue weighted by Gasteiger charge is -2.13. The lowest BCUT2D eigenvalue weighted by atomic mass is 10.0. The van der Waals surface area contributed by atoms with Gasteiger partial charge in [-0.25, -0.2) is 18.7 Å². The summed E-state index contributed by atoms with van der Waals surface area (Å²) >= 11 is 5.88. The van der Waals surface area contributed by atoms with Crippen LogP contribution in [-0.2, 0) is 13.1 Å². The van der Waals surface area contributed by atoms with Gasteiger partial charge in [0.2, 0.25) is 0 Å². The van der Waals surface area contributed by atoms with Crippen LogP contribution in [0.15, 0.2) is 48.9 Å². The zero-order valence-electron chi connectivity index (χ0n) is 17.1. The first-order valence-corrected chi connectivity index (χ1v) is 10.7. The number of nitrogens with zero attached hydrogens (tertiary/aromatic N) is 5. The molecule has 4 aromatic heterocycles. The molecular weight excluding hydrogens is 448 g/mol. The standard InChI is InChI=1S/C23H16ClF2N7/c24-15-6-13(16(25)7-17(15)26)23-14(9-29-32-23)18-1-2-19-20(30-18)5-12(8-28-19)21-11-33-4-3-27-10-22(33)31-21/h1-2,5-9,11,27H,3-4,10H2,(H,29,32). The number of hydrogen-bond donors (Lipinski definition) is 2. The summed E-state index contributed by atoms with van der Waals surface area (Å²) in [4.78, 5) is 14.0. The van der Waals surface area contributed by atoms with E-state index in [0.29, 0.717) is 28.0 Å². The van der Waals surface area contributed by atoms with E-state index >= 15 is 0 Å². The lowest BCUT2D eigenvalue weighted by molar-refractivity contribution is 0.505. The van der Waals surface area contributed by atoms with Crippen molar-refractivity contribution < 1.29 is 8.78 Å². The van der Waals surface area contributed by atoms with Crippen molar-refractivity contribution in [2.45, 2.75) is 13.1 Å². The Kier molecular flexibility index (Phi) is 4.67. The average Bonchev–Trinajstić information content (AvgIpc) is 3.48. The van der Waals surface area contributed by atoms with Crippen molar-refractivity contribution in [3.63, 3.8) is 0 Å². The van der Waals surface area contributed by atoms with Gasteiger partial charge in [-0.1, -0.05) is 11.6 Å². The minimum Gasteiger partial charge on any atom is -0.332 e. The Bertz CT molecular complexity index is 1500. The Morgan fingerprint density at radius 3 is 2.73 bits per heavy atom. The van der Waals surface area contributed by atoms with Crippen LogP contribution in [0.25, 0.3) is 44.8 Å². The molecule has 5 aromatic rings. The third-order valence-electron chi connectivity index (χ3n) is 5.70. The molecule has 6 rings (SSSR count). The van der Waals surface area contributed by atoms with Crippen molar-refractivity contribution in [1.29, 1.82) is 0 Å². The van der Waals surface area contributed by atoms with E-state index in [4.69, 9.17) is 21.6 Å². The highest BCUT2D eigenvalue weighted by atomic mass is 35.5. The Balaban J connectivity index is 1.43. The van der Waals surface area contributed by atoms with Gasteiger partial charge in [0, 0.05) is 48.2 Å². The first kappa shape index (κ1) is 20.0. The van der Waals surface area contributed by atoms with Gasteiger partial charge < -0.3 is 9.88 Å². The molecule has 1 aliphatic heterocycles. The molecule has 0 saturated heterocycles. The number of rotatable bonds is 3. The average molecular weight is 464 g/mol. The Morgan fingerprint density at radius 2 is 1.85 bits per heavy atom. The minimum absolute atomic E-state index is 0.111. The normalized spacial score (nSPS) is 13.4. The van der Waals surface area contributed by atoms with Crippen molar-refractivity contribution in [1.82, 2.24) is 35.0 Å². The number of hydrogen-bond acceptors (Lipinski definition) is 5. The predicted octanol–water partition coefficient (Wildman–Crippen LogP) is 4.59. The molecule has 33 heavy (non-hydrogen) atoms. The summed E-state index contributed by atoms with van der Waals surface area (Å²) in [6.07, 6.45) is 5.36. The molecule has 1 aliphatic rings. The molecule has 0 aliphatic carbocycles. The summed E-state index contributed by atoms with van der Waals surface area (Å²) in [6.45, 7) is 2.52. The van der Waals surface area contributed by atoms with Gasteiger partial charge in [-0.3, -0.25) is 10.1 Å². The first-order chi connectivity index (χ1) is 16.1. The number of imidazole rings is 1. The Morgan fingerprint density at radius 1 is 0.939 bits per heavy atom. The number of fused-ring (bicyclic) bond motifs is 2. The maximum Gasteiger partial charge on any atom is 0.144 e. The summed E-state index contributed by atoms with van der Waals surface area (Å²) in [7, 11) is 0. The summed E-state index contributed by atoms with van der Waals surface area (Å²) in [5.74, 6) is -0.579. The molecule has 10 heteroatoms. The Hall–Kier alpha value is -3.69. The van der Waals surface area contributed by atoms with Crippen LogP contribution in [0.1, 0.15) is 5.82 Å². The third kappa shape index (κ3) is 3.46. The molecule has 0 radical (unpaired) electrons. The van der Waals surface area contributed by atoms with Gasteiger partial charge in [0.25, 0.3) is 0 Å². The Labute approximate surface area is 191 Å². The number of aromatic nitrogens is 6. The van der Waals surface area contributed by atoms with E-state index in [9.17, 15) is 8.78 Å². The van der Waals surface area contributed by atoms with E-state index < -0.39 is 11.6 Å². The number of aromatic amines is 1. The van der Waals surface area contributed by atoms with Crippen molar-refractivity contribution in [3.05, 3.63) is 71.4 Å². The molecule has 164 valence electrons. The predicted molar refractivity (Wildman–Crippen MR) is 120 cm³/mol. The van der Waals surface area contributed by atoms with Crippen molar-refractivity contribution in [2.75, 3.05) is 6.54 Å². The minimum atomic E-state index is -0.821. The largest absolute Gasteiger partial charge is 0.332 e. The molecule has 1 aromatic carbocycles. The van der Waals surface area contributed by atoms with Gasteiger partial charge in [0.1, 0.15) is 17.5 Å². The molecule has 0 atom stereocenters. The summed E-state index contributed by atoms with van der Waals surface area (Å²) < 4.78 is 30.3. The second-order valence-corrected chi connectivity index (χ2v) is 8.18. The second kappa shape index (κ2) is 7.72. The van der Waals surface area contributed by atoms with Crippen LogP contribution in [0, 0.1) is 11.6 Å². The number of benzene rings is 1. The van der Waals surface area contributed by atoms with E-state index in [0.717, 1.165) is 42.8 Å². The summed E-state index contributed by atoms with van der Waals surface area (Å²) in [5.41, 5.74) is 4.68. The van der Waals surface area contributed by atoms with Gasteiger partial charge in [-0.05, 0) is 24.3 Å². The number of nitrogens with one attached hydrogen (secondary N) is 2. The van der Waals surface area contributed by atoms with E-state index in [1.54, 1.807) is 18.5 Å². The number of halogens is 3. The van der Waals surface area contributed by atoms with E-state index in [1.807, 2.05) is 18.3 Å². The molecular formula is C23H16ClF2N7. The van der Waals surface area contributed by atoms with Crippen molar-refractivity contribution in [2.24, 2.45) is 0 Å². The topological polar surface area (TPSA) is 84.3 Å². The van der Waals surface area contributed by atoms with Crippen LogP contribution < -0.4 is 5.32 Å². The van der Waals surface area contributed by atoms with E-state index in [1.165, 1.54) is 6.07 Å². The number of H-pyrrole nitrogens is 1. The third-order valence-corrected chi connectivity index (χ3v) is 5.99. The molecule has 7 nitrogen and oxygen atoms in total. The van der Waals surface area contributed by atoms with Crippen LogP contribution >= 0.6 is 11.6 Å². The second-order valence-electron chi connectivity index (χ2n) is 7.78. The smallest absolute Gasteiger partial charge is 0.144 e. The molecule has 0 amide bonds. The van der Waals surface area contributed by atoms with Gasteiger partial charge in [0.15, 0.2) is 0 Å². The highest BCUT2D eigenvalue weighted by Crippen LogP contribution is 2.34. The van der Waals surface area contributed by atoms with Gasteiger partial charge in [-0.15, -0.1) is 0 Å². The van der Waals surface area contributed by atoms with Crippen molar-refractivity contribution in [3.8, 4) is 33.8 Å². The maximum atomic E-state index is 14.5. The molecule has 5 heterocycles. The molecule has 2 N–H and O–H groups in total. The molecule has 0 fully saturated rings.